The number of rotatable bonds is 2. The van der Waals surface area contributed by atoms with Crippen molar-refractivity contribution in [2.75, 3.05) is 0 Å². The van der Waals surface area contributed by atoms with Crippen molar-refractivity contribution in [1.82, 2.24) is 4.98 Å². The van der Waals surface area contributed by atoms with Gasteiger partial charge in [-0.2, -0.15) is 0 Å². The van der Waals surface area contributed by atoms with Crippen molar-refractivity contribution in [2.24, 2.45) is 4.99 Å². The molecule has 3 rings (SSSR count). The van der Waals surface area contributed by atoms with E-state index in [0.29, 0.717) is 5.56 Å². The van der Waals surface area contributed by atoms with Crippen LogP contribution in [0, 0.1) is 20.8 Å². The summed E-state index contributed by atoms with van der Waals surface area (Å²) in [5.41, 5.74) is 5.68. The fourth-order valence-corrected chi connectivity index (χ4v) is 2.45. The Morgan fingerprint density at radius 1 is 1.05 bits per heavy atom. The number of hydrogen-bond donors (Lipinski definition) is 1. The standard InChI is InChI=1S/C19H18N2O/c1-12-7-8-18-15(9-12)10-16(19(22)21-18)11-20-17-6-4-5-13(2)14(17)3/h4-11H,1-3H3,(H,21,22). The fourth-order valence-electron chi connectivity index (χ4n) is 2.45. The third-order valence-electron chi connectivity index (χ3n) is 3.95. The second kappa shape index (κ2) is 5.60. The smallest absolute Gasteiger partial charge is 0.257 e. The number of aromatic nitrogens is 1. The number of nitrogens with one attached hydrogen (secondary N) is 1. The van der Waals surface area contributed by atoms with Crippen molar-refractivity contribution in [1.29, 1.82) is 0 Å². The second-order valence-corrected chi connectivity index (χ2v) is 5.62. The molecule has 22 heavy (non-hydrogen) atoms. The lowest BCUT2D eigenvalue weighted by molar-refractivity contribution is 1.28. The first-order valence-electron chi connectivity index (χ1n) is 7.28. The summed E-state index contributed by atoms with van der Waals surface area (Å²) >= 11 is 0. The summed E-state index contributed by atoms with van der Waals surface area (Å²) in [6.07, 6.45) is 1.64. The van der Waals surface area contributed by atoms with Gasteiger partial charge >= 0.3 is 0 Å². The van der Waals surface area contributed by atoms with Crippen LogP contribution in [-0.4, -0.2) is 11.2 Å². The van der Waals surface area contributed by atoms with Gasteiger partial charge in [0, 0.05) is 11.7 Å². The van der Waals surface area contributed by atoms with Gasteiger partial charge in [-0.3, -0.25) is 9.79 Å². The first-order chi connectivity index (χ1) is 10.5. The van der Waals surface area contributed by atoms with Gasteiger partial charge in [0.25, 0.3) is 5.56 Å². The van der Waals surface area contributed by atoms with Crippen LogP contribution in [0.2, 0.25) is 0 Å². The van der Waals surface area contributed by atoms with Crippen molar-refractivity contribution in [3.8, 4) is 0 Å². The van der Waals surface area contributed by atoms with Crippen LogP contribution in [0.15, 0.2) is 52.3 Å². The van der Waals surface area contributed by atoms with Crippen molar-refractivity contribution < 1.29 is 0 Å². The number of fused-ring (bicyclic) bond motifs is 1. The lowest BCUT2D eigenvalue weighted by Crippen LogP contribution is -2.11. The number of hydrogen-bond acceptors (Lipinski definition) is 2. The molecule has 110 valence electrons. The quantitative estimate of drug-likeness (QED) is 0.706. The van der Waals surface area contributed by atoms with Crippen LogP contribution in [0.1, 0.15) is 22.3 Å². The molecule has 1 N–H and O–H groups in total. The molecule has 2 aromatic carbocycles. The Morgan fingerprint density at radius 2 is 1.86 bits per heavy atom. The summed E-state index contributed by atoms with van der Waals surface area (Å²) in [4.78, 5) is 19.5. The fraction of sp³-hybridized carbons (Fsp3) is 0.158. The maximum Gasteiger partial charge on any atom is 0.257 e. The van der Waals surface area contributed by atoms with Crippen LogP contribution < -0.4 is 5.56 Å². The minimum Gasteiger partial charge on any atom is -0.321 e. The van der Waals surface area contributed by atoms with Gasteiger partial charge < -0.3 is 4.98 Å². The predicted octanol–water partition coefficient (Wildman–Crippen LogP) is 4.20. The number of aromatic amines is 1. The Kier molecular flexibility index (Phi) is 3.63. The van der Waals surface area contributed by atoms with Crippen LogP contribution in [0.4, 0.5) is 5.69 Å². The van der Waals surface area contributed by atoms with Crippen LogP contribution in [0.25, 0.3) is 10.9 Å². The van der Waals surface area contributed by atoms with E-state index in [9.17, 15) is 4.79 Å². The van der Waals surface area contributed by atoms with E-state index < -0.39 is 0 Å². The normalized spacial score (nSPS) is 11.4. The van der Waals surface area contributed by atoms with Gasteiger partial charge in [-0.05, 0) is 61.5 Å². The highest BCUT2D eigenvalue weighted by Crippen LogP contribution is 2.21. The van der Waals surface area contributed by atoms with E-state index in [-0.39, 0.29) is 5.56 Å². The van der Waals surface area contributed by atoms with Gasteiger partial charge in [-0.15, -0.1) is 0 Å². The monoisotopic (exact) mass is 290 g/mol. The first kappa shape index (κ1) is 14.3. The van der Waals surface area contributed by atoms with E-state index in [1.807, 2.05) is 44.2 Å². The lowest BCUT2D eigenvalue weighted by atomic mass is 10.1. The zero-order valence-corrected chi connectivity index (χ0v) is 13.0. The van der Waals surface area contributed by atoms with Gasteiger partial charge in [0.05, 0.1) is 11.3 Å². The lowest BCUT2D eigenvalue weighted by Gasteiger charge is -2.04. The summed E-state index contributed by atoms with van der Waals surface area (Å²) in [5.74, 6) is 0. The molecular weight excluding hydrogens is 272 g/mol. The Hall–Kier alpha value is -2.68. The molecule has 0 spiro atoms. The maximum atomic E-state index is 12.1. The van der Waals surface area contributed by atoms with Crippen LogP contribution in [0.3, 0.4) is 0 Å². The molecule has 0 atom stereocenters. The first-order valence-corrected chi connectivity index (χ1v) is 7.28. The van der Waals surface area contributed by atoms with Crippen molar-refractivity contribution >= 4 is 22.8 Å². The highest BCUT2D eigenvalue weighted by Gasteiger charge is 2.02. The van der Waals surface area contributed by atoms with Gasteiger partial charge in [0.1, 0.15) is 0 Å². The number of pyridine rings is 1. The molecule has 0 saturated heterocycles. The van der Waals surface area contributed by atoms with E-state index in [1.54, 1.807) is 6.21 Å². The van der Waals surface area contributed by atoms with Crippen molar-refractivity contribution in [3.05, 3.63) is 75.1 Å². The predicted molar refractivity (Wildman–Crippen MR) is 92.5 cm³/mol. The maximum absolute atomic E-state index is 12.1. The SMILES string of the molecule is Cc1ccc2[nH]c(=O)c(C=Nc3cccc(C)c3C)cc2c1. The highest BCUT2D eigenvalue weighted by molar-refractivity contribution is 5.89. The Balaban J connectivity index is 2.06. The third-order valence-corrected chi connectivity index (χ3v) is 3.95. The highest BCUT2D eigenvalue weighted by atomic mass is 16.1. The summed E-state index contributed by atoms with van der Waals surface area (Å²) in [6, 6.07) is 13.8. The number of H-pyrrole nitrogens is 1. The van der Waals surface area contributed by atoms with Gasteiger partial charge in [-0.25, -0.2) is 0 Å². The Bertz CT molecular complexity index is 936. The molecule has 0 unspecified atom stereocenters. The molecule has 0 bridgehead atoms. The van der Waals surface area contributed by atoms with E-state index >= 15 is 0 Å². The zero-order chi connectivity index (χ0) is 15.7. The summed E-state index contributed by atoms with van der Waals surface area (Å²) in [5, 5.41) is 1.02. The molecule has 3 nitrogen and oxygen atoms in total. The number of aryl methyl sites for hydroxylation is 2. The number of benzene rings is 2. The minimum absolute atomic E-state index is 0.120. The Labute approximate surface area is 129 Å². The van der Waals surface area contributed by atoms with E-state index in [4.69, 9.17) is 0 Å². The summed E-state index contributed by atoms with van der Waals surface area (Å²) in [6.45, 7) is 6.13. The molecule has 1 heterocycles. The Morgan fingerprint density at radius 3 is 2.68 bits per heavy atom. The molecule has 0 radical (unpaired) electrons. The molecule has 0 saturated carbocycles. The van der Waals surface area contributed by atoms with Crippen LogP contribution in [0.5, 0.6) is 0 Å². The van der Waals surface area contributed by atoms with E-state index in [0.717, 1.165) is 27.7 Å². The third kappa shape index (κ3) is 2.70. The molecule has 0 fully saturated rings. The number of aliphatic imine (C=N–C) groups is 1. The van der Waals surface area contributed by atoms with Crippen molar-refractivity contribution in [3.63, 3.8) is 0 Å². The molecule has 0 aliphatic heterocycles. The molecular formula is C19H18N2O. The summed E-state index contributed by atoms with van der Waals surface area (Å²) in [7, 11) is 0. The molecule has 0 amide bonds. The minimum atomic E-state index is -0.120. The summed E-state index contributed by atoms with van der Waals surface area (Å²) < 4.78 is 0. The van der Waals surface area contributed by atoms with Crippen molar-refractivity contribution in [2.45, 2.75) is 20.8 Å². The number of nitrogens with zero attached hydrogens (tertiary/aromatic N) is 1. The van der Waals surface area contributed by atoms with Crippen LogP contribution >= 0.6 is 0 Å². The van der Waals surface area contributed by atoms with Gasteiger partial charge in [0.2, 0.25) is 0 Å². The average molecular weight is 290 g/mol. The molecule has 3 heteroatoms. The molecule has 3 aromatic rings. The molecule has 1 aromatic heterocycles. The van der Waals surface area contributed by atoms with Crippen LogP contribution in [-0.2, 0) is 0 Å². The average Bonchev–Trinajstić information content (AvgIpc) is 2.49. The largest absolute Gasteiger partial charge is 0.321 e. The van der Waals surface area contributed by atoms with Gasteiger partial charge in [-0.1, -0.05) is 23.8 Å². The van der Waals surface area contributed by atoms with E-state index in [1.165, 1.54) is 5.56 Å². The van der Waals surface area contributed by atoms with E-state index in [2.05, 4.69) is 29.0 Å². The molecule has 0 aliphatic carbocycles. The van der Waals surface area contributed by atoms with Gasteiger partial charge in [0.15, 0.2) is 0 Å². The zero-order valence-electron chi connectivity index (χ0n) is 13.0. The topological polar surface area (TPSA) is 45.2 Å². The second-order valence-electron chi connectivity index (χ2n) is 5.62. The molecule has 0 aliphatic rings.